The number of carbonyl (C=O) groups is 2. The predicted octanol–water partition coefficient (Wildman–Crippen LogP) is 3.23. The molecule has 7 heteroatoms. The molecular weight excluding hydrogens is 372 g/mol. The molecule has 0 saturated heterocycles. The van der Waals surface area contributed by atoms with Gasteiger partial charge in [-0.1, -0.05) is 24.3 Å². The van der Waals surface area contributed by atoms with Crippen molar-refractivity contribution in [2.45, 2.75) is 12.5 Å². The summed E-state index contributed by atoms with van der Waals surface area (Å²) in [6.07, 6.45) is 1.77. The Morgan fingerprint density at radius 3 is 2.45 bits per heavy atom. The van der Waals surface area contributed by atoms with Gasteiger partial charge < -0.3 is 24.1 Å². The van der Waals surface area contributed by atoms with Crippen molar-refractivity contribution in [3.63, 3.8) is 0 Å². The molecule has 0 aliphatic rings. The van der Waals surface area contributed by atoms with Crippen LogP contribution in [0.3, 0.4) is 0 Å². The molecule has 0 bridgehead atoms. The van der Waals surface area contributed by atoms with Gasteiger partial charge in [0, 0.05) is 24.1 Å². The van der Waals surface area contributed by atoms with Crippen LogP contribution in [0.5, 0.6) is 11.5 Å². The number of aryl methyl sites for hydroxylation is 1. The van der Waals surface area contributed by atoms with Crippen LogP contribution in [0.1, 0.15) is 28.4 Å². The highest BCUT2D eigenvalue weighted by Gasteiger charge is 2.23. The Balaban J connectivity index is 1.95. The Labute approximate surface area is 169 Å². The number of benzene rings is 2. The highest BCUT2D eigenvalue weighted by molar-refractivity contribution is 6.07. The van der Waals surface area contributed by atoms with Crippen molar-refractivity contribution in [3.05, 3.63) is 59.8 Å². The number of esters is 1. The number of hydrogen-bond acceptors (Lipinski definition) is 5. The maximum absolute atomic E-state index is 13.1. The monoisotopic (exact) mass is 396 g/mol. The van der Waals surface area contributed by atoms with Gasteiger partial charge in [0.05, 0.1) is 39.4 Å². The molecular formula is C22H24N2O5. The minimum Gasteiger partial charge on any atom is -0.493 e. The van der Waals surface area contributed by atoms with Crippen LogP contribution in [0, 0.1) is 0 Å². The van der Waals surface area contributed by atoms with E-state index in [1.165, 1.54) is 14.2 Å². The van der Waals surface area contributed by atoms with E-state index in [-0.39, 0.29) is 12.3 Å². The van der Waals surface area contributed by atoms with E-state index >= 15 is 0 Å². The summed E-state index contributed by atoms with van der Waals surface area (Å²) in [5.74, 6) is 0.376. The molecule has 0 radical (unpaired) electrons. The molecule has 7 nitrogen and oxygen atoms in total. The van der Waals surface area contributed by atoms with Crippen molar-refractivity contribution in [2.75, 3.05) is 21.3 Å². The zero-order chi connectivity index (χ0) is 21.0. The molecule has 152 valence electrons. The van der Waals surface area contributed by atoms with Crippen LogP contribution in [0.2, 0.25) is 0 Å². The molecule has 0 aliphatic carbocycles. The zero-order valence-corrected chi connectivity index (χ0v) is 16.9. The molecule has 1 aromatic heterocycles. The quantitative estimate of drug-likeness (QED) is 0.621. The van der Waals surface area contributed by atoms with Crippen molar-refractivity contribution < 1.29 is 23.8 Å². The minimum atomic E-state index is -0.589. The first kappa shape index (κ1) is 20.3. The minimum absolute atomic E-state index is 0.0114. The highest BCUT2D eigenvalue weighted by atomic mass is 16.5. The van der Waals surface area contributed by atoms with Crippen molar-refractivity contribution in [1.29, 1.82) is 0 Å². The Kier molecular flexibility index (Phi) is 6.07. The third kappa shape index (κ3) is 4.18. The third-order valence-electron chi connectivity index (χ3n) is 4.86. The smallest absolute Gasteiger partial charge is 0.307 e. The first-order valence-electron chi connectivity index (χ1n) is 9.12. The normalized spacial score (nSPS) is 11.7. The summed E-state index contributed by atoms with van der Waals surface area (Å²) in [4.78, 5) is 25.0. The van der Waals surface area contributed by atoms with Crippen molar-refractivity contribution >= 4 is 22.8 Å². The van der Waals surface area contributed by atoms with Gasteiger partial charge in [-0.2, -0.15) is 0 Å². The number of nitrogens with zero attached hydrogens (tertiary/aromatic N) is 1. The van der Waals surface area contributed by atoms with Crippen LogP contribution >= 0.6 is 0 Å². The van der Waals surface area contributed by atoms with E-state index in [1.807, 2.05) is 35.9 Å². The van der Waals surface area contributed by atoms with E-state index in [0.717, 1.165) is 10.9 Å². The number of hydrogen-bond donors (Lipinski definition) is 1. The van der Waals surface area contributed by atoms with Gasteiger partial charge in [-0.05, 0) is 23.8 Å². The van der Waals surface area contributed by atoms with E-state index in [9.17, 15) is 9.59 Å². The summed E-state index contributed by atoms with van der Waals surface area (Å²) in [6.45, 7) is 0. The maximum atomic E-state index is 13.1. The van der Waals surface area contributed by atoms with Gasteiger partial charge in [0.15, 0.2) is 11.5 Å². The molecule has 0 unspecified atom stereocenters. The summed E-state index contributed by atoms with van der Waals surface area (Å²) < 4.78 is 17.3. The molecule has 1 atom stereocenters. The van der Waals surface area contributed by atoms with Crippen molar-refractivity contribution in [3.8, 4) is 11.5 Å². The summed E-state index contributed by atoms with van der Waals surface area (Å²) in [6, 6.07) is 12.3. The molecule has 3 rings (SSSR count). The van der Waals surface area contributed by atoms with Crippen LogP contribution < -0.4 is 14.8 Å². The van der Waals surface area contributed by atoms with Crippen LogP contribution in [-0.4, -0.2) is 37.8 Å². The standard InChI is InChI=1S/C22H24N2O5/c1-24-13-16(15-7-5-6-8-18(15)24)22(26)23-17(12-21(25)29-4)14-9-10-19(27-2)20(11-14)28-3/h5-11,13,17H,12H2,1-4H3,(H,23,26)/t17-/m0/s1. The molecule has 1 heterocycles. The molecule has 3 aromatic rings. The second-order valence-corrected chi connectivity index (χ2v) is 6.59. The van der Waals surface area contributed by atoms with Crippen LogP contribution in [-0.2, 0) is 16.6 Å². The molecule has 0 fully saturated rings. The van der Waals surface area contributed by atoms with Crippen molar-refractivity contribution in [2.24, 2.45) is 7.05 Å². The molecule has 2 aromatic carbocycles. The topological polar surface area (TPSA) is 78.8 Å². The second-order valence-electron chi connectivity index (χ2n) is 6.59. The molecule has 0 saturated carbocycles. The summed E-state index contributed by atoms with van der Waals surface area (Å²) in [5.41, 5.74) is 2.20. The van der Waals surface area contributed by atoms with Crippen LogP contribution in [0.4, 0.5) is 0 Å². The summed E-state index contributed by atoms with van der Waals surface area (Å²) in [7, 11) is 6.29. The van der Waals surface area contributed by atoms with Gasteiger partial charge in [-0.15, -0.1) is 0 Å². The van der Waals surface area contributed by atoms with Gasteiger partial charge in [0.25, 0.3) is 5.91 Å². The lowest BCUT2D eigenvalue weighted by molar-refractivity contribution is -0.141. The Bertz CT molecular complexity index is 1040. The summed E-state index contributed by atoms with van der Waals surface area (Å²) >= 11 is 0. The maximum Gasteiger partial charge on any atom is 0.307 e. The lowest BCUT2D eigenvalue weighted by Gasteiger charge is -2.19. The van der Waals surface area contributed by atoms with Gasteiger partial charge in [-0.25, -0.2) is 0 Å². The van der Waals surface area contributed by atoms with E-state index < -0.39 is 12.0 Å². The predicted molar refractivity (Wildman–Crippen MR) is 109 cm³/mol. The van der Waals surface area contributed by atoms with E-state index in [4.69, 9.17) is 14.2 Å². The van der Waals surface area contributed by atoms with Crippen LogP contribution in [0.25, 0.3) is 10.9 Å². The van der Waals surface area contributed by atoms with Gasteiger partial charge >= 0.3 is 5.97 Å². The fourth-order valence-electron chi connectivity index (χ4n) is 3.33. The average molecular weight is 396 g/mol. The lowest BCUT2D eigenvalue weighted by Crippen LogP contribution is -2.30. The Morgan fingerprint density at radius 1 is 1.03 bits per heavy atom. The number of fused-ring (bicyclic) bond motifs is 1. The molecule has 0 spiro atoms. The first-order chi connectivity index (χ1) is 14.0. The number of rotatable bonds is 7. The Morgan fingerprint density at radius 2 is 1.76 bits per heavy atom. The number of ether oxygens (including phenoxy) is 3. The fraction of sp³-hybridized carbons (Fsp3) is 0.273. The van der Waals surface area contributed by atoms with Crippen LogP contribution in [0.15, 0.2) is 48.7 Å². The lowest BCUT2D eigenvalue weighted by atomic mass is 10.0. The number of para-hydroxylation sites is 1. The Hall–Kier alpha value is -3.48. The van der Waals surface area contributed by atoms with E-state index in [1.54, 1.807) is 31.5 Å². The molecule has 29 heavy (non-hydrogen) atoms. The molecule has 0 aliphatic heterocycles. The van der Waals surface area contributed by atoms with Crippen molar-refractivity contribution in [1.82, 2.24) is 9.88 Å². The number of aromatic nitrogens is 1. The zero-order valence-electron chi connectivity index (χ0n) is 16.9. The average Bonchev–Trinajstić information content (AvgIpc) is 3.09. The first-order valence-corrected chi connectivity index (χ1v) is 9.12. The SMILES string of the molecule is COC(=O)C[C@H](NC(=O)c1cn(C)c2ccccc12)c1ccc(OC)c(OC)c1. The summed E-state index contributed by atoms with van der Waals surface area (Å²) in [5, 5.41) is 3.80. The number of methoxy groups -OCH3 is 3. The second kappa shape index (κ2) is 8.68. The number of amides is 1. The van der Waals surface area contributed by atoms with E-state index in [0.29, 0.717) is 22.6 Å². The molecule has 1 N–H and O–H groups in total. The van der Waals surface area contributed by atoms with Gasteiger partial charge in [0.1, 0.15) is 0 Å². The third-order valence-corrected chi connectivity index (χ3v) is 4.86. The molecule has 1 amide bonds. The fourth-order valence-corrected chi connectivity index (χ4v) is 3.33. The number of nitrogens with one attached hydrogen (secondary N) is 1. The highest BCUT2D eigenvalue weighted by Crippen LogP contribution is 2.31. The van der Waals surface area contributed by atoms with Gasteiger partial charge in [-0.3, -0.25) is 9.59 Å². The van der Waals surface area contributed by atoms with E-state index in [2.05, 4.69) is 5.32 Å². The number of carbonyl (C=O) groups excluding carboxylic acids is 2. The van der Waals surface area contributed by atoms with Gasteiger partial charge in [0.2, 0.25) is 0 Å². The largest absolute Gasteiger partial charge is 0.493 e.